The molecule has 0 radical (unpaired) electrons. The maximum Gasteiger partial charge on any atom is 0.157 e. The summed E-state index contributed by atoms with van der Waals surface area (Å²) >= 11 is 29.3. The zero-order valence-electron chi connectivity index (χ0n) is 11.7. The number of hydrogen-bond acceptors (Lipinski definition) is 2. The Morgan fingerprint density at radius 1 is 0.957 bits per heavy atom. The molecule has 0 unspecified atom stereocenters. The van der Waals surface area contributed by atoms with Crippen LogP contribution in [0.15, 0.2) is 47.0 Å². The Balaban J connectivity index is 2.06. The summed E-state index contributed by atoms with van der Waals surface area (Å²) in [6, 6.07) is 10.6. The smallest absolute Gasteiger partial charge is 0.157 e. The third-order valence-corrected chi connectivity index (χ3v) is 3.84. The van der Waals surface area contributed by atoms with Gasteiger partial charge < -0.3 is 9.47 Å². The first kappa shape index (κ1) is 18.6. The maximum atomic E-state index is 6.19. The van der Waals surface area contributed by atoms with E-state index in [1.165, 1.54) is 6.08 Å². The van der Waals surface area contributed by atoms with Crippen LogP contribution in [0.2, 0.25) is 15.1 Å². The van der Waals surface area contributed by atoms with Gasteiger partial charge in [0.1, 0.15) is 23.5 Å². The van der Waals surface area contributed by atoms with Gasteiger partial charge in [0.15, 0.2) is 5.75 Å². The van der Waals surface area contributed by atoms with Gasteiger partial charge >= 0.3 is 0 Å². The van der Waals surface area contributed by atoms with Gasteiger partial charge in [-0.05, 0) is 23.8 Å². The molecule has 0 heterocycles. The van der Waals surface area contributed by atoms with Gasteiger partial charge in [-0.25, -0.2) is 0 Å². The SMILES string of the molecule is ClC(Cl)=CCOc1cc(Cl)c(OCc2cccc(Cl)c2)c(Cl)c1. The monoisotopic (exact) mass is 410 g/mol. The fraction of sp³-hybridized carbons (Fsp3) is 0.125. The van der Waals surface area contributed by atoms with E-state index in [-0.39, 0.29) is 11.1 Å². The normalized spacial score (nSPS) is 10.3. The second-order valence-corrected chi connectivity index (χ2v) is 6.70. The fourth-order valence-corrected chi connectivity index (χ4v) is 2.66. The van der Waals surface area contributed by atoms with Crippen LogP contribution >= 0.6 is 58.0 Å². The Kier molecular flexibility index (Phi) is 7.19. The minimum atomic E-state index is 0.128. The highest BCUT2D eigenvalue weighted by Gasteiger charge is 2.11. The molecule has 0 aromatic heterocycles. The number of hydrogen-bond donors (Lipinski definition) is 0. The highest BCUT2D eigenvalue weighted by Crippen LogP contribution is 2.37. The van der Waals surface area contributed by atoms with E-state index in [0.29, 0.717) is 33.2 Å². The molecule has 0 spiro atoms. The largest absolute Gasteiger partial charge is 0.489 e. The summed E-state index contributed by atoms with van der Waals surface area (Å²) in [7, 11) is 0. The molecule has 0 bridgehead atoms. The van der Waals surface area contributed by atoms with Crippen LogP contribution in [0.3, 0.4) is 0 Å². The van der Waals surface area contributed by atoms with E-state index >= 15 is 0 Å². The number of halogens is 5. The molecular weight excluding hydrogens is 401 g/mol. The second-order valence-electron chi connectivity index (χ2n) is 4.44. The van der Waals surface area contributed by atoms with E-state index in [1.54, 1.807) is 18.2 Å². The van der Waals surface area contributed by atoms with Crippen LogP contribution in [0.25, 0.3) is 0 Å². The average Bonchev–Trinajstić information content (AvgIpc) is 2.46. The average molecular weight is 413 g/mol. The lowest BCUT2D eigenvalue weighted by Crippen LogP contribution is -1.98. The lowest BCUT2D eigenvalue weighted by atomic mass is 10.2. The topological polar surface area (TPSA) is 18.5 Å². The van der Waals surface area contributed by atoms with Crippen LogP contribution in [-0.2, 0) is 6.61 Å². The van der Waals surface area contributed by atoms with Crippen LogP contribution < -0.4 is 9.47 Å². The van der Waals surface area contributed by atoms with Gasteiger partial charge in [-0.3, -0.25) is 0 Å². The Morgan fingerprint density at radius 2 is 1.65 bits per heavy atom. The van der Waals surface area contributed by atoms with Crippen molar-refractivity contribution >= 4 is 58.0 Å². The lowest BCUT2D eigenvalue weighted by molar-refractivity contribution is 0.305. The Labute approximate surface area is 159 Å². The minimum absolute atomic E-state index is 0.128. The van der Waals surface area contributed by atoms with E-state index in [0.717, 1.165) is 5.56 Å². The number of rotatable bonds is 6. The maximum absolute atomic E-state index is 6.19. The molecule has 2 aromatic carbocycles. The molecule has 2 rings (SSSR count). The zero-order valence-corrected chi connectivity index (χ0v) is 15.4. The Morgan fingerprint density at radius 3 is 2.26 bits per heavy atom. The molecule has 2 nitrogen and oxygen atoms in total. The molecule has 0 N–H and O–H groups in total. The first-order chi connectivity index (χ1) is 11.0. The van der Waals surface area contributed by atoms with Gasteiger partial charge in [0.2, 0.25) is 0 Å². The Bertz CT molecular complexity index is 688. The second kappa shape index (κ2) is 8.91. The van der Waals surface area contributed by atoms with Crippen LogP contribution in [0, 0.1) is 0 Å². The van der Waals surface area contributed by atoms with Crippen molar-refractivity contribution in [1.82, 2.24) is 0 Å². The summed E-state index contributed by atoms with van der Waals surface area (Å²) in [5.74, 6) is 0.868. The van der Waals surface area contributed by atoms with Crippen molar-refractivity contribution in [3.05, 3.63) is 67.6 Å². The molecule has 23 heavy (non-hydrogen) atoms. The molecule has 0 aliphatic carbocycles. The number of ether oxygens (including phenoxy) is 2. The van der Waals surface area contributed by atoms with E-state index in [9.17, 15) is 0 Å². The van der Waals surface area contributed by atoms with Gasteiger partial charge in [-0.15, -0.1) is 0 Å². The predicted octanol–water partition coefficient (Wildman–Crippen LogP) is 6.92. The van der Waals surface area contributed by atoms with Gasteiger partial charge in [0.05, 0.1) is 10.0 Å². The van der Waals surface area contributed by atoms with E-state index in [1.807, 2.05) is 18.2 Å². The van der Waals surface area contributed by atoms with Crippen LogP contribution in [0.1, 0.15) is 5.56 Å². The molecule has 7 heteroatoms. The summed E-state index contributed by atoms with van der Waals surface area (Å²) in [6.45, 7) is 0.502. The summed E-state index contributed by atoms with van der Waals surface area (Å²) in [5, 5.41) is 1.32. The third kappa shape index (κ3) is 5.98. The lowest BCUT2D eigenvalue weighted by Gasteiger charge is -2.12. The molecule has 122 valence electrons. The molecule has 0 fully saturated rings. The highest BCUT2D eigenvalue weighted by atomic mass is 35.5. The quantitative estimate of drug-likeness (QED) is 0.512. The van der Waals surface area contributed by atoms with Crippen molar-refractivity contribution in [1.29, 1.82) is 0 Å². The van der Waals surface area contributed by atoms with E-state index in [4.69, 9.17) is 67.5 Å². The first-order valence-corrected chi connectivity index (χ1v) is 8.35. The summed E-state index contributed by atoms with van der Waals surface area (Å²) in [5.41, 5.74) is 0.909. The van der Waals surface area contributed by atoms with Crippen molar-refractivity contribution in [2.75, 3.05) is 6.61 Å². The van der Waals surface area contributed by atoms with Crippen molar-refractivity contribution < 1.29 is 9.47 Å². The Hall–Kier alpha value is -0.770. The third-order valence-electron chi connectivity index (χ3n) is 2.73. The summed E-state index contributed by atoms with van der Waals surface area (Å²) in [4.78, 5) is 0. The first-order valence-electron chi connectivity index (χ1n) is 6.46. The zero-order chi connectivity index (χ0) is 16.8. The van der Waals surface area contributed by atoms with Crippen molar-refractivity contribution in [3.63, 3.8) is 0 Å². The highest BCUT2D eigenvalue weighted by molar-refractivity contribution is 6.55. The van der Waals surface area contributed by atoms with Gasteiger partial charge in [-0.1, -0.05) is 70.1 Å². The van der Waals surface area contributed by atoms with Crippen molar-refractivity contribution in [2.45, 2.75) is 6.61 Å². The predicted molar refractivity (Wildman–Crippen MR) is 97.5 cm³/mol. The molecule has 0 saturated heterocycles. The molecular formula is C16H11Cl5O2. The number of benzene rings is 2. The van der Waals surface area contributed by atoms with E-state index in [2.05, 4.69) is 0 Å². The standard InChI is InChI=1S/C16H11Cl5O2/c17-11-3-1-2-10(6-11)9-23-16-13(18)7-12(8-14(16)19)22-5-4-15(20)21/h1-4,6-8H,5,9H2. The molecule has 2 aromatic rings. The molecule has 0 atom stereocenters. The summed E-state index contributed by atoms with van der Waals surface area (Å²) < 4.78 is 11.2. The van der Waals surface area contributed by atoms with Crippen LogP contribution in [0.5, 0.6) is 11.5 Å². The minimum Gasteiger partial charge on any atom is -0.489 e. The molecule has 0 amide bonds. The fourth-order valence-electron chi connectivity index (χ4n) is 1.74. The van der Waals surface area contributed by atoms with Gasteiger partial charge in [-0.2, -0.15) is 0 Å². The van der Waals surface area contributed by atoms with Crippen molar-refractivity contribution in [2.24, 2.45) is 0 Å². The van der Waals surface area contributed by atoms with Crippen molar-refractivity contribution in [3.8, 4) is 11.5 Å². The van der Waals surface area contributed by atoms with Gasteiger partial charge in [0.25, 0.3) is 0 Å². The van der Waals surface area contributed by atoms with Crippen LogP contribution in [-0.4, -0.2) is 6.61 Å². The molecule has 0 saturated carbocycles. The summed E-state index contributed by atoms with van der Waals surface area (Å²) in [6.07, 6.45) is 1.51. The van der Waals surface area contributed by atoms with Crippen LogP contribution in [0.4, 0.5) is 0 Å². The molecule has 0 aliphatic rings. The van der Waals surface area contributed by atoms with E-state index < -0.39 is 0 Å². The van der Waals surface area contributed by atoms with Gasteiger partial charge in [0, 0.05) is 17.2 Å². The molecule has 0 aliphatic heterocycles.